The van der Waals surface area contributed by atoms with Crippen molar-refractivity contribution in [3.05, 3.63) is 158 Å². The van der Waals surface area contributed by atoms with E-state index in [1.54, 1.807) is 0 Å². The molecule has 0 saturated carbocycles. The van der Waals surface area contributed by atoms with E-state index < -0.39 is 12.1 Å². The van der Waals surface area contributed by atoms with Gasteiger partial charge in [0, 0.05) is 19.3 Å². The highest BCUT2D eigenvalue weighted by atomic mass is 16.6. The van der Waals surface area contributed by atoms with E-state index in [2.05, 4.69) is 154 Å². The number of hydrogen-bond donors (Lipinski definition) is 0. The monoisotopic (exact) mass is 935 g/mol. The molecule has 0 aromatic carbocycles. The van der Waals surface area contributed by atoms with Crippen molar-refractivity contribution in [2.45, 2.75) is 200 Å². The molecular weight excluding hydrogens is 841 g/mol. The Morgan fingerprint density at radius 2 is 0.662 bits per heavy atom. The van der Waals surface area contributed by atoms with Crippen LogP contribution >= 0.6 is 0 Å². The molecule has 0 heterocycles. The molecule has 0 aromatic rings. The molecule has 0 aliphatic carbocycles. The molecular formula is C62H94O6. The second-order valence-electron chi connectivity index (χ2n) is 16.7. The first-order valence-corrected chi connectivity index (χ1v) is 26.5. The van der Waals surface area contributed by atoms with Gasteiger partial charge < -0.3 is 14.2 Å². The van der Waals surface area contributed by atoms with Crippen LogP contribution in [0.1, 0.15) is 194 Å². The Balaban J connectivity index is 4.67. The number of carbonyl (C=O) groups excluding carboxylic acids is 3. The molecule has 378 valence electrons. The Morgan fingerprint density at radius 1 is 0.324 bits per heavy atom. The van der Waals surface area contributed by atoms with E-state index in [1.165, 1.54) is 32.1 Å². The van der Waals surface area contributed by atoms with Crippen LogP contribution in [0.2, 0.25) is 0 Å². The Morgan fingerprint density at radius 3 is 1.07 bits per heavy atom. The van der Waals surface area contributed by atoms with Gasteiger partial charge in [-0.1, -0.05) is 224 Å². The summed E-state index contributed by atoms with van der Waals surface area (Å²) in [5.74, 6) is -1.15. The quantitative estimate of drug-likeness (QED) is 0.0199. The smallest absolute Gasteiger partial charge is 0.306 e. The SMILES string of the molecule is CC/C=C\C/C=C\C/C=C\C/C=C\C/C=C\CCC(=O)OCC(COC(=O)CCCCCCC\C=C/C=C\C=C/CCCCCCC)OC(=O)CC/C=C\C/C=C\C/C=C\C/C=C\C/C=C\CC. The minimum atomic E-state index is -0.864. The molecule has 0 rings (SSSR count). The molecule has 1 unspecified atom stereocenters. The molecule has 0 fully saturated rings. The van der Waals surface area contributed by atoms with Crippen molar-refractivity contribution in [3.8, 4) is 0 Å². The third-order valence-corrected chi connectivity index (χ3v) is 10.3. The first-order valence-electron chi connectivity index (χ1n) is 26.5. The summed E-state index contributed by atoms with van der Waals surface area (Å²) in [5, 5.41) is 0. The molecule has 0 spiro atoms. The van der Waals surface area contributed by atoms with Crippen LogP contribution in [0.15, 0.2) is 158 Å². The Hall–Kier alpha value is -4.97. The highest BCUT2D eigenvalue weighted by Crippen LogP contribution is 2.11. The average Bonchev–Trinajstić information content (AvgIpc) is 3.34. The van der Waals surface area contributed by atoms with Crippen LogP contribution in [0.5, 0.6) is 0 Å². The van der Waals surface area contributed by atoms with E-state index in [0.717, 1.165) is 109 Å². The second kappa shape index (κ2) is 54.6. The molecule has 1 atom stereocenters. The van der Waals surface area contributed by atoms with E-state index in [9.17, 15) is 14.4 Å². The van der Waals surface area contributed by atoms with Gasteiger partial charge in [-0.25, -0.2) is 0 Å². The summed E-state index contributed by atoms with van der Waals surface area (Å²) in [4.78, 5) is 38.0. The van der Waals surface area contributed by atoms with E-state index in [-0.39, 0.29) is 38.0 Å². The van der Waals surface area contributed by atoms with Gasteiger partial charge in [0.05, 0.1) is 0 Å². The topological polar surface area (TPSA) is 78.9 Å². The molecule has 0 amide bonds. The molecule has 0 N–H and O–H groups in total. The van der Waals surface area contributed by atoms with Gasteiger partial charge in [0.1, 0.15) is 13.2 Å². The van der Waals surface area contributed by atoms with Gasteiger partial charge in [-0.3, -0.25) is 14.4 Å². The third kappa shape index (κ3) is 52.0. The maximum atomic E-state index is 12.8. The van der Waals surface area contributed by atoms with E-state index in [1.807, 2.05) is 24.3 Å². The van der Waals surface area contributed by atoms with Gasteiger partial charge in [-0.15, -0.1) is 0 Å². The third-order valence-electron chi connectivity index (χ3n) is 10.3. The van der Waals surface area contributed by atoms with Crippen molar-refractivity contribution in [2.24, 2.45) is 0 Å². The fourth-order valence-electron chi connectivity index (χ4n) is 6.42. The first-order chi connectivity index (χ1) is 33.5. The standard InChI is InChI=1S/C62H94O6/c1-4-7-10-13-16-19-22-25-28-31-32-35-37-40-43-46-49-52-55-61(64)67-58-59(68-62(65)56-53-50-47-44-41-38-34-30-27-24-21-18-15-12-9-6-3)57-66-60(63)54-51-48-45-42-39-36-33-29-26-23-20-17-14-11-8-5-2/h8-9,11-12,17-18,20-22,25-32,35-36,38-39,41,45,47-48,50,59H,4-7,10,13-16,19,23-24,33-34,37,40,42-44,46,49,51-58H2,1-3H3/b11-8-,12-9-,20-17-,21-18-,25-22-,29-26-,30-27-,31-28-,35-32-,39-36-,41-38-,48-45-,50-47-. The minimum absolute atomic E-state index is 0.149. The number of unbranched alkanes of at least 4 members (excludes halogenated alkanes) is 10. The summed E-state index contributed by atoms with van der Waals surface area (Å²) in [7, 11) is 0. The summed E-state index contributed by atoms with van der Waals surface area (Å²) in [6.07, 6.45) is 79.6. The summed E-state index contributed by atoms with van der Waals surface area (Å²) in [5.41, 5.74) is 0. The number of hydrogen-bond acceptors (Lipinski definition) is 6. The van der Waals surface area contributed by atoms with Gasteiger partial charge in [0.25, 0.3) is 0 Å². The zero-order valence-electron chi connectivity index (χ0n) is 43.0. The minimum Gasteiger partial charge on any atom is -0.462 e. The lowest BCUT2D eigenvalue weighted by molar-refractivity contribution is -0.166. The van der Waals surface area contributed by atoms with Crippen molar-refractivity contribution < 1.29 is 28.6 Å². The predicted molar refractivity (Wildman–Crippen MR) is 292 cm³/mol. The number of rotatable bonds is 45. The van der Waals surface area contributed by atoms with E-state index >= 15 is 0 Å². The summed E-state index contributed by atoms with van der Waals surface area (Å²) in [6.45, 7) is 6.22. The Labute approximate surface area is 416 Å². The predicted octanol–water partition coefficient (Wildman–Crippen LogP) is 17.8. The van der Waals surface area contributed by atoms with Crippen molar-refractivity contribution >= 4 is 17.9 Å². The zero-order valence-corrected chi connectivity index (χ0v) is 43.0. The molecule has 0 aliphatic heterocycles. The first kappa shape index (κ1) is 63.0. The summed E-state index contributed by atoms with van der Waals surface area (Å²) < 4.78 is 16.6. The summed E-state index contributed by atoms with van der Waals surface area (Å²) in [6, 6.07) is 0. The normalized spacial score (nSPS) is 13.4. The van der Waals surface area contributed by atoms with Crippen LogP contribution in [-0.2, 0) is 28.6 Å². The Bertz CT molecular complexity index is 1590. The molecule has 0 aliphatic rings. The second-order valence-corrected chi connectivity index (χ2v) is 16.7. The zero-order chi connectivity index (χ0) is 49.3. The maximum absolute atomic E-state index is 12.8. The van der Waals surface area contributed by atoms with Crippen molar-refractivity contribution in [2.75, 3.05) is 13.2 Å². The lowest BCUT2D eigenvalue weighted by Gasteiger charge is -2.18. The molecule has 0 radical (unpaired) electrons. The lowest BCUT2D eigenvalue weighted by atomic mass is 10.1. The number of carbonyl (C=O) groups is 3. The Kier molecular flexibility index (Phi) is 50.6. The van der Waals surface area contributed by atoms with Crippen molar-refractivity contribution in [3.63, 3.8) is 0 Å². The summed E-state index contributed by atoms with van der Waals surface area (Å²) >= 11 is 0. The molecule has 0 saturated heterocycles. The van der Waals surface area contributed by atoms with Crippen LogP contribution in [-0.4, -0.2) is 37.2 Å². The van der Waals surface area contributed by atoms with Gasteiger partial charge in [-0.2, -0.15) is 0 Å². The van der Waals surface area contributed by atoms with E-state index in [0.29, 0.717) is 19.3 Å². The molecule has 6 nitrogen and oxygen atoms in total. The number of allylic oxidation sites excluding steroid dienone is 26. The molecule has 68 heavy (non-hydrogen) atoms. The van der Waals surface area contributed by atoms with Gasteiger partial charge in [0.2, 0.25) is 0 Å². The molecule has 0 bridgehead atoms. The maximum Gasteiger partial charge on any atom is 0.306 e. The van der Waals surface area contributed by atoms with Gasteiger partial charge >= 0.3 is 17.9 Å². The highest BCUT2D eigenvalue weighted by Gasteiger charge is 2.19. The van der Waals surface area contributed by atoms with Crippen LogP contribution < -0.4 is 0 Å². The molecule has 0 aromatic heterocycles. The van der Waals surface area contributed by atoms with Crippen molar-refractivity contribution in [1.82, 2.24) is 0 Å². The van der Waals surface area contributed by atoms with E-state index in [4.69, 9.17) is 14.2 Å². The lowest BCUT2D eigenvalue weighted by Crippen LogP contribution is -2.30. The average molecular weight is 935 g/mol. The number of ether oxygens (including phenoxy) is 3. The van der Waals surface area contributed by atoms with Crippen LogP contribution in [0.25, 0.3) is 0 Å². The van der Waals surface area contributed by atoms with Gasteiger partial charge in [0.15, 0.2) is 6.10 Å². The van der Waals surface area contributed by atoms with Crippen LogP contribution in [0.4, 0.5) is 0 Å². The number of esters is 3. The highest BCUT2D eigenvalue weighted by molar-refractivity contribution is 5.71. The van der Waals surface area contributed by atoms with Crippen LogP contribution in [0.3, 0.4) is 0 Å². The largest absolute Gasteiger partial charge is 0.462 e. The fourth-order valence-corrected chi connectivity index (χ4v) is 6.42. The van der Waals surface area contributed by atoms with Crippen molar-refractivity contribution in [1.29, 1.82) is 0 Å². The van der Waals surface area contributed by atoms with Crippen LogP contribution in [0, 0.1) is 0 Å². The fraction of sp³-hybridized carbons (Fsp3) is 0.532. The molecule has 6 heteroatoms. The van der Waals surface area contributed by atoms with Gasteiger partial charge in [-0.05, 0) is 109 Å².